The fourth-order valence-corrected chi connectivity index (χ4v) is 2.05. The second-order valence-electron chi connectivity index (χ2n) is 4.92. The third kappa shape index (κ3) is 5.95. The summed E-state index contributed by atoms with van der Waals surface area (Å²) in [6.07, 6.45) is 0.793. The predicted molar refractivity (Wildman–Crippen MR) is 82.3 cm³/mol. The highest BCUT2D eigenvalue weighted by Gasteiger charge is 2.10. The van der Waals surface area contributed by atoms with Crippen molar-refractivity contribution in [1.29, 1.82) is 0 Å². The Bertz CT molecular complexity index is 474. The lowest BCUT2D eigenvalue weighted by Gasteiger charge is -2.21. The summed E-state index contributed by atoms with van der Waals surface area (Å²) in [7, 11) is 1.64. The lowest BCUT2D eigenvalue weighted by molar-refractivity contribution is -0.129. The van der Waals surface area contributed by atoms with Gasteiger partial charge in [0.2, 0.25) is 5.91 Å². The van der Waals surface area contributed by atoms with Gasteiger partial charge in [-0.15, -0.1) is 0 Å². The van der Waals surface area contributed by atoms with Crippen LogP contribution in [0.3, 0.4) is 0 Å². The van der Waals surface area contributed by atoms with Gasteiger partial charge in [0.1, 0.15) is 0 Å². The molecule has 2 amide bonds. The molecule has 1 aromatic carbocycles. The molecule has 5 nitrogen and oxygen atoms in total. The topological polar surface area (TPSA) is 58.6 Å². The van der Waals surface area contributed by atoms with Crippen molar-refractivity contribution in [2.75, 3.05) is 33.4 Å². The van der Waals surface area contributed by atoms with E-state index in [1.807, 2.05) is 25.1 Å². The first kappa shape index (κ1) is 17.2. The van der Waals surface area contributed by atoms with Crippen LogP contribution in [0.1, 0.15) is 29.3 Å². The van der Waals surface area contributed by atoms with Crippen LogP contribution < -0.4 is 5.32 Å². The van der Waals surface area contributed by atoms with Crippen LogP contribution in [0.25, 0.3) is 0 Å². The van der Waals surface area contributed by atoms with E-state index in [2.05, 4.69) is 5.32 Å². The predicted octanol–water partition coefficient (Wildman–Crippen LogP) is 1.61. The smallest absolute Gasteiger partial charge is 0.251 e. The number of rotatable bonds is 8. The summed E-state index contributed by atoms with van der Waals surface area (Å²) in [5, 5.41) is 2.85. The molecule has 1 rings (SSSR count). The van der Waals surface area contributed by atoms with Crippen LogP contribution in [0.4, 0.5) is 0 Å². The van der Waals surface area contributed by atoms with E-state index in [1.54, 1.807) is 18.1 Å². The Morgan fingerprint density at radius 1 is 1.24 bits per heavy atom. The van der Waals surface area contributed by atoms with Crippen molar-refractivity contribution in [1.82, 2.24) is 10.2 Å². The van der Waals surface area contributed by atoms with Gasteiger partial charge in [-0.05, 0) is 25.0 Å². The molecule has 0 aliphatic rings. The molecule has 1 N–H and O–H groups in total. The van der Waals surface area contributed by atoms with Gasteiger partial charge in [0.15, 0.2) is 0 Å². The first-order chi connectivity index (χ1) is 10.1. The van der Waals surface area contributed by atoms with Crippen molar-refractivity contribution in [2.24, 2.45) is 0 Å². The quantitative estimate of drug-likeness (QED) is 0.741. The number of hydrogen-bond acceptors (Lipinski definition) is 3. The fourth-order valence-electron chi connectivity index (χ4n) is 2.05. The third-order valence-electron chi connectivity index (χ3n) is 3.28. The molecule has 0 saturated heterocycles. The molecule has 116 valence electrons. The van der Waals surface area contributed by atoms with Crippen molar-refractivity contribution in [2.45, 2.75) is 20.3 Å². The minimum atomic E-state index is -0.103. The van der Waals surface area contributed by atoms with Crippen LogP contribution in [-0.4, -0.2) is 50.1 Å². The molecule has 0 fully saturated rings. The summed E-state index contributed by atoms with van der Waals surface area (Å²) < 4.78 is 4.98. The van der Waals surface area contributed by atoms with Crippen LogP contribution in [0.5, 0.6) is 0 Å². The molecule has 0 aromatic heterocycles. The zero-order chi connectivity index (χ0) is 15.7. The number of carbonyl (C=O) groups excluding carboxylic acids is 2. The van der Waals surface area contributed by atoms with E-state index in [-0.39, 0.29) is 11.8 Å². The molecule has 0 unspecified atom stereocenters. The highest BCUT2D eigenvalue weighted by atomic mass is 16.5. The van der Waals surface area contributed by atoms with Gasteiger partial charge in [0, 0.05) is 45.8 Å². The molecule has 0 aliphatic heterocycles. The van der Waals surface area contributed by atoms with Gasteiger partial charge in [-0.3, -0.25) is 9.59 Å². The normalized spacial score (nSPS) is 10.2. The maximum absolute atomic E-state index is 12.0. The molecule has 0 bridgehead atoms. The van der Waals surface area contributed by atoms with Gasteiger partial charge < -0.3 is 15.0 Å². The second kappa shape index (κ2) is 9.13. The standard InChI is InChI=1S/C16H24N2O3/c1-13-7-4-5-8-15(13)16(20)17-9-11-18(14(2)19)10-6-12-21-3/h4-5,7-8H,6,9-12H2,1-3H3,(H,17,20). The lowest BCUT2D eigenvalue weighted by Crippen LogP contribution is -2.38. The Kier molecular flexibility index (Phi) is 7.46. The highest BCUT2D eigenvalue weighted by molar-refractivity contribution is 5.95. The molecule has 21 heavy (non-hydrogen) atoms. The average Bonchev–Trinajstić information content (AvgIpc) is 2.45. The molecular weight excluding hydrogens is 268 g/mol. The van der Waals surface area contributed by atoms with E-state index in [0.717, 1.165) is 12.0 Å². The molecule has 1 aromatic rings. The monoisotopic (exact) mass is 292 g/mol. The van der Waals surface area contributed by atoms with Crippen LogP contribution >= 0.6 is 0 Å². The van der Waals surface area contributed by atoms with Crippen molar-refractivity contribution in [3.63, 3.8) is 0 Å². The first-order valence-electron chi connectivity index (χ1n) is 7.14. The van der Waals surface area contributed by atoms with Crippen LogP contribution in [0.15, 0.2) is 24.3 Å². The number of amides is 2. The van der Waals surface area contributed by atoms with Crippen molar-refractivity contribution in [3.8, 4) is 0 Å². The zero-order valence-corrected chi connectivity index (χ0v) is 13.0. The summed E-state index contributed by atoms with van der Waals surface area (Å²) >= 11 is 0. The van der Waals surface area contributed by atoms with Gasteiger partial charge >= 0.3 is 0 Å². The van der Waals surface area contributed by atoms with Gasteiger partial charge in [0.25, 0.3) is 5.91 Å². The fraction of sp³-hybridized carbons (Fsp3) is 0.500. The van der Waals surface area contributed by atoms with E-state index >= 15 is 0 Å². The maximum Gasteiger partial charge on any atom is 0.251 e. The minimum Gasteiger partial charge on any atom is -0.385 e. The van der Waals surface area contributed by atoms with Gasteiger partial charge in [0.05, 0.1) is 0 Å². The number of hydrogen-bond donors (Lipinski definition) is 1. The number of benzene rings is 1. The minimum absolute atomic E-state index is 0.0104. The van der Waals surface area contributed by atoms with E-state index < -0.39 is 0 Å². The highest BCUT2D eigenvalue weighted by Crippen LogP contribution is 2.06. The first-order valence-corrected chi connectivity index (χ1v) is 7.14. The molecular formula is C16H24N2O3. The van der Waals surface area contributed by atoms with E-state index in [9.17, 15) is 9.59 Å². The Morgan fingerprint density at radius 2 is 1.95 bits per heavy atom. The average molecular weight is 292 g/mol. The Labute approximate surface area is 126 Å². The Morgan fingerprint density at radius 3 is 2.57 bits per heavy atom. The third-order valence-corrected chi connectivity index (χ3v) is 3.28. The second-order valence-corrected chi connectivity index (χ2v) is 4.92. The molecule has 0 aliphatic carbocycles. The number of methoxy groups -OCH3 is 1. The summed E-state index contributed by atoms with van der Waals surface area (Å²) in [6, 6.07) is 7.45. The summed E-state index contributed by atoms with van der Waals surface area (Å²) in [5.41, 5.74) is 1.62. The van der Waals surface area contributed by atoms with Gasteiger partial charge in [-0.1, -0.05) is 18.2 Å². The largest absolute Gasteiger partial charge is 0.385 e. The van der Waals surface area contributed by atoms with E-state index in [1.165, 1.54) is 6.92 Å². The molecule has 0 spiro atoms. The SMILES string of the molecule is COCCCN(CCNC(=O)c1ccccc1C)C(C)=O. The molecule has 0 atom stereocenters. The van der Waals surface area contributed by atoms with Crippen LogP contribution in [0, 0.1) is 6.92 Å². The number of nitrogens with one attached hydrogen (secondary N) is 1. The lowest BCUT2D eigenvalue weighted by atomic mass is 10.1. The molecule has 0 radical (unpaired) electrons. The van der Waals surface area contributed by atoms with Crippen LogP contribution in [-0.2, 0) is 9.53 Å². The zero-order valence-electron chi connectivity index (χ0n) is 13.0. The Hall–Kier alpha value is -1.88. The number of carbonyl (C=O) groups is 2. The number of ether oxygens (including phenoxy) is 1. The van der Waals surface area contributed by atoms with Crippen molar-refractivity contribution in [3.05, 3.63) is 35.4 Å². The van der Waals surface area contributed by atoms with Gasteiger partial charge in [-0.25, -0.2) is 0 Å². The molecule has 0 heterocycles. The van der Waals surface area contributed by atoms with E-state index in [4.69, 9.17) is 4.74 Å². The molecule has 5 heteroatoms. The maximum atomic E-state index is 12.0. The summed E-state index contributed by atoms with van der Waals surface area (Å²) in [5.74, 6) is -0.0928. The summed E-state index contributed by atoms with van der Waals surface area (Å²) in [4.78, 5) is 25.3. The number of aryl methyl sites for hydroxylation is 1. The summed E-state index contributed by atoms with van der Waals surface area (Å²) in [6.45, 7) is 5.66. The van der Waals surface area contributed by atoms with E-state index in [0.29, 0.717) is 31.8 Å². The van der Waals surface area contributed by atoms with Crippen molar-refractivity contribution >= 4 is 11.8 Å². The van der Waals surface area contributed by atoms with Crippen LogP contribution in [0.2, 0.25) is 0 Å². The van der Waals surface area contributed by atoms with Crippen molar-refractivity contribution < 1.29 is 14.3 Å². The molecule has 0 saturated carbocycles. The Balaban J connectivity index is 2.41. The van der Waals surface area contributed by atoms with Gasteiger partial charge in [-0.2, -0.15) is 0 Å². The number of nitrogens with zero attached hydrogens (tertiary/aromatic N) is 1.